The minimum Gasteiger partial charge on any atom is -0.488 e. The van der Waals surface area contributed by atoms with Crippen LogP contribution >= 0.6 is 0 Å². The van der Waals surface area contributed by atoms with E-state index in [1.807, 2.05) is 6.07 Å². The number of nitriles is 2. The Bertz CT molecular complexity index is 456. The second-order valence-corrected chi connectivity index (χ2v) is 3.31. The third-order valence-corrected chi connectivity index (χ3v) is 2.26. The molecule has 74 valence electrons. The molecule has 15 heavy (non-hydrogen) atoms. The van der Waals surface area contributed by atoms with E-state index in [2.05, 4.69) is 17.5 Å². The van der Waals surface area contributed by atoms with Gasteiger partial charge in [-0.15, -0.1) is 0 Å². The first kappa shape index (κ1) is 9.36. The Balaban J connectivity index is 2.29. The molecular weight excluding hydrogens is 190 g/mol. The average molecular weight is 199 g/mol. The lowest BCUT2D eigenvalue weighted by molar-refractivity contribution is 0.285. The van der Waals surface area contributed by atoms with Crippen molar-refractivity contribution in [2.24, 2.45) is 0 Å². The molecule has 1 aromatic carbocycles. The third kappa shape index (κ3) is 1.70. The van der Waals surface area contributed by atoms with Gasteiger partial charge in [-0.2, -0.15) is 10.5 Å². The molecule has 4 nitrogen and oxygen atoms in total. The van der Waals surface area contributed by atoms with Crippen LogP contribution in [0.2, 0.25) is 0 Å². The molecule has 1 aliphatic heterocycles. The molecule has 0 saturated heterocycles. The minimum absolute atomic E-state index is 0.0106. The molecule has 0 aliphatic carbocycles. The fourth-order valence-electron chi connectivity index (χ4n) is 1.56. The van der Waals surface area contributed by atoms with E-state index >= 15 is 0 Å². The van der Waals surface area contributed by atoms with Crippen LogP contribution < -0.4 is 10.1 Å². The van der Waals surface area contributed by atoms with Crippen LogP contribution in [0.25, 0.3) is 0 Å². The van der Waals surface area contributed by atoms with Gasteiger partial charge < -0.3 is 10.1 Å². The monoisotopic (exact) mass is 199 g/mol. The molecule has 0 saturated carbocycles. The number of ether oxygens (including phenoxy) is 1. The predicted octanol–water partition coefficient (Wildman–Crippen LogP) is 1.64. The standard InChI is InChI=1S/C11H9N3O/c12-5-4-9-7-15-11-8(6-13)2-1-3-10(11)14-9/h1-3,9,14H,4,7H2. The molecule has 1 aromatic rings. The zero-order valence-electron chi connectivity index (χ0n) is 8.03. The van der Waals surface area contributed by atoms with E-state index in [1.165, 1.54) is 0 Å². The maximum atomic E-state index is 8.85. The summed E-state index contributed by atoms with van der Waals surface area (Å²) >= 11 is 0. The maximum absolute atomic E-state index is 8.85. The summed E-state index contributed by atoms with van der Waals surface area (Å²) in [6, 6.07) is 9.53. The van der Waals surface area contributed by atoms with E-state index in [1.54, 1.807) is 12.1 Å². The molecule has 1 N–H and O–H groups in total. The lowest BCUT2D eigenvalue weighted by Gasteiger charge is -2.26. The highest BCUT2D eigenvalue weighted by Crippen LogP contribution is 2.32. The number of nitrogens with zero attached hydrogens (tertiary/aromatic N) is 2. The first-order valence-corrected chi connectivity index (χ1v) is 4.64. The summed E-state index contributed by atoms with van der Waals surface area (Å²) in [4.78, 5) is 0. The van der Waals surface area contributed by atoms with E-state index in [-0.39, 0.29) is 6.04 Å². The summed E-state index contributed by atoms with van der Waals surface area (Å²) in [5.41, 5.74) is 1.32. The van der Waals surface area contributed by atoms with E-state index in [0.29, 0.717) is 24.3 Å². The lowest BCUT2D eigenvalue weighted by Crippen LogP contribution is -2.31. The van der Waals surface area contributed by atoms with Crippen molar-refractivity contribution in [2.45, 2.75) is 12.5 Å². The molecule has 2 rings (SSSR count). The smallest absolute Gasteiger partial charge is 0.160 e. The van der Waals surface area contributed by atoms with Gasteiger partial charge in [0, 0.05) is 0 Å². The van der Waals surface area contributed by atoms with Crippen molar-refractivity contribution in [1.82, 2.24) is 0 Å². The van der Waals surface area contributed by atoms with Gasteiger partial charge in [0.1, 0.15) is 12.7 Å². The van der Waals surface area contributed by atoms with Crippen molar-refractivity contribution in [3.05, 3.63) is 23.8 Å². The first-order chi connectivity index (χ1) is 7.35. The summed E-state index contributed by atoms with van der Waals surface area (Å²) in [7, 11) is 0. The normalized spacial score (nSPS) is 17.6. The first-order valence-electron chi connectivity index (χ1n) is 4.64. The summed E-state index contributed by atoms with van der Waals surface area (Å²) in [5, 5.41) is 20.6. The second-order valence-electron chi connectivity index (χ2n) is 3.31. The SMILES string of the molecule is N#CCC1COc2c(C#N)cccc2N1. The van der Waals surface area contributed by atoms with Crippen LogP contribution in [-0.4, -0.2) is 12.6 Å². The number of nitrogens with one attached hydrogen (secondary N) is 1. The Morgan fingerprint density at radius 1 is 1.47 bits per heavy atom. The fourth-order valence-corrected chi connectivity index (χ4v) is 1.56. The lowest BCUT2D eigenvalue weighted by atomic mass is 10.1. The van der Waals surface area contributed by atoms with E-state index in [0.717, 1.165) is 5.69 Å². The van der Waals surface area contributed by atoms with E-state index < -0.39 is 0 Å². The number of hydrogen-bond donors (Lipinski definition) is 1. The summed E-state index contributed by atoms with van der Waals surface area (Å²) in [6.07, 6.45) is 0.399. The summed E-state index contributed by atoms with van der Waals surface area (Å²) in [6.45, 7) is 0.430. The Hall–Kier alpha value is -2.20. The number of hydrogen-bond acceptors (Lipinski definition) is 4. The van der Waals surface area contributed by atoms with Crippen LogP contribution in [0.5, 0.6) is 5.75 Å². The van der Waals surface area contributed by atoms with Gasteiger partial charge in [-0.1, -0.05) is 6.07 Å². The fraction of sp³-hybridized carbons (Fsp3) is 0.273. The van der Waals surface area contributed by atoms with Crippen molar-refractivity contribution in [3.8, 4) is 17.9 Å². The van der Waals surface area contributed by atoms with Crippen molar-refractivity contribution in [3.63, 3.8) is 0 Å². The third-order valence-electron chi connectivity index (χ3n) is 2.26. The Morgan fingerprint density at radius 3 is 3.07 bits per heavy atom. The van der Waals surface area contributed by atoms with Gasteiger partial charge in [0.15, 0.2) is 5.75 Å². The Labute approximate surface area is 87.7 Å². The van der Waals surface area contributed by atoms with Crippen molar-refractivity contribution < 1.29 is 4.74 Å². The number of fused-ring (bicyclic) bond motifs is 1. The zero-order chi connectivity index (χ0) is 10.7. The number of benzene rings is 1. The topological polar surface area (TPSA) is 68.8 Å². The molecule has 0 aromatic heterocycles. The highest BCUT2D eigenvalue weighted by atomic mass is 16.5. The van der Waals surface area contributed by atoms with Gasteiger partial charge in [-0.25, -0.2) is 0 Å². The second kappa shape index (κ2) is 3.89. The van der Waals surface area contributed by atoms with Gasteiger partial charge in [-0.05, 0) is 12.1 Å². The molecule has 0 spiro atoms. The Morgan fingerprint density at radius 2 is 2.33 bits per heavy atom. The molecule has 1 atom stereocenters. The molecule has 0 radical (unpaired) electrons. The molecule has 1 unspecified atom stereocenters. The highest BCUT2D eigenvalue weighted by molar-refractivity contribution is 5.65. The van der Waals surface area contributed by atoms with Crippen molar-refractivity contribution in [2.75, 3.05) is 11.9 Å². The highest BCUT2D eigenvalue weighted by Gasteiger charge is 2.20. The van der Waals surface area contributed by atoms with Crippen LogP contribution in [0.1, 0.15) is 12.0 Å². The van der Waals surface area contributed by atoms with Gasteiger partial charge in [0.05, 0.1) is 29.8 Å². The summed E-state index contributed by atoms with van der Waals surface area (Å²) in [5.74, 6) is 0.592. The van der Waals surface area contributed by atoms with Gasteiger partial charge in [0.25, 0.3) is 0 Å². The molecule has 0 fully saturated rings. The van der Waals surface area contributed by atoms with Crippen LogP contribution in [0.4, 0.5) is 5.69 Å². The molecule has 0 amide bonds. The number of para-hydroxylation sites is 1. The van der Waals surface area contributed by atoms with Crippen LogP contribution in [0.15, 0.2) is 18.2 Å². The molecule has 1 heterocycles. The predicted molar refractivity (Wildman–Crippen MR) is 54.3 cm³/mol. The molecule has 0 bridgehead atoms. The molecular formula is C11H9N3O. The summed E-state index contributed by atoms with van der Waals surface area (Å²) < 4.78 is 5.47. The van der Waals surface area contributed by atoms with Gasteiger partial charge in [0.2, 0.25) is 0 Å². The number of rotatable bonds is 1. The van der Waals surface area contributed by atoms with Crippen molar-refractivity contribution >= 4 is 5.69 Å². The van der Waals surface area contributed by atoms with E-state index in [4.69, 9.17) is 15.3 Å². The van der Waals surface area contributed by atoms with E-state index in [9.17, 15) is 0 Å². The molecule has 1 aliphatic rings. The zero-order valence-corrected chi connectivity index (χ0v) is 8.03. The number of anilines is 1. The average Bonchev–Trinajstić information content (AvgIpc) is 2.28. The van der Waals surface area contributed by atoms with Crippen molar-refractivity contribution in [1.29, 1.82) is 10.5 Å². The maximum Gasteiger partial charge on any atom is 0.160 e. The van der Waals surface area contributed by atoms with Crippen LogP contribution in [0, 0.1) is 22.7 Å². The van der Waals surface area contributed by atoms with Crippen LogP contribution in [-0.2, 0) is 0 Å². The van der Waals surface area contributed by atoms with Crippen LogP contribution in [0.3, 0.4) is 0 Å². The van der Waals surface area contributed by atoms with Gasteiger partial charge in [-0.3, -0.25) is 0 Å². The molecule has 4 heteroatoms. The Kier molecular flexibility index (Phi) is 2.43. The quantitative estimate of drug-likeness (QED) is 0.746. The largest absolute Gasteiger partial charge is 0.488 e. The minimum atomic E-state index is 0.0106. The van der Waals surface area contributed by atoms with Gasteiger partial charge >= 0.3 is 0 Å².